The SMILES string of the molecule is Cc1nccn1CCCC(=O)NCC(C)(O)c1cccs1. The van der Waals surface area contributed by atoms with Crippen molar-refractivity contribution in [2.24, 2.45) is 0 Å². The average molecular weight is 307 g/mol. The summed E-state index contributed by atoms with van der Waals surface area (Å²) in [6, 6.07) is 3.77. The van der Waals surface area contributed by atoms with Crippen LogP contribution in [0.25, 0.3) is 0 Å². The molecule has 2 aromatic rings. The van der Waals surface area contributed by atoms with Crippen molar-refractivity contribution in [2.75, 3.05) is 6.54 Å². The van der Waals surface area contributed by atoms with E-state index in [-0.39, 0.29) is 12.5 Å². The monoisotopic (exact) mass is 307 g/mol. The molecule has 0 saturated carbocycles. The van der Waals surface area contributed by atoms with Gasteiger partial charge in [-0.05, 0) is 31.7 Å². The number of carbonyl (C=O) groups excluding carboxylic acids is 1. The van der Waals surface area contributed by atoms with Crippen LogP contribution in [0.4, 0.5) is 0 Å². The maximum atomic E-state index is 11.8. The second-order valence-corrected chi connectivity index (χ2v) is 6.25. The van der Waals surface area contributed by atoms with E-state index in [1.165, 1.54) is 11.3 Å². The number of nitrogens with one attached hydrogen (secondary N) is 1. The van der Waals surface area contributed by atoms with Crippen molar-refractivity contribution in [2.45, 2.75) is 38.8 Å². The Bertz CT molecular complexity index is 576. The molecule has 1 unspecified atom stereocenters. The number of aryl methyl sites for hydroxylation is 2. The molecule has 0 fully saturated rings. The first-order valence-corrected chi connectivity index (χ1v) is 7.88. The maximum absolute atomic E-state index is 11.8. The van der Waals surface area contributed by atoms with E-state index in [0.29, 0.717) is 6.42 Å². The van der Waals surface area contributed by atoms with E-state index in [9.17, 15) is 9.90 Å². The van der Waals surface area contributed by atoms with Crippen LogP contribution in [0, 0.1) is 6.92 Å². The third kappa shape index (κ3) is 4.41. The van der Waals surface area contributed by atoms with Crippen LogP contribution >= 0.6 is 11.3 Å². The van der Waals surface area contributed by atoms with Gasteiger partial charge in [0.15, 0.2) is 0 Å². The average Bonchev–Trinajstić information content (AvgIpc) is 3.09. The lowest BCUT2D eigenvalue weighted by Gasteiger charge is -2.22. The second-order valence-electron chi connectivity index (χ2n) is 5.30. The van der Waals surface area contributed by atoms with Gasteiger partial charge in [-0.25, -0.2) is 4.98 Å². The molecular weight excluding hydrogens is 286 g/mol. The van der Waals surface area contributed by atoms with Gasteiger partial charge in [0.05, 0.1) is 6.54 Å². The Kier molecular flexibility index (Phi) is 5.14. The largest absolute Gasteiger partial charge is 0.383 e. The maximum Gasteiger partial charge on any atom is 0.220 e. The standard InChI is InChI=1S/C15H21N3O2S/c1-12-16-7-9-18(12)8-3-6-14(19)17-11-15(2,20)13-5-4-10-21-13/h4-5,7,9-10,20H,3,6,8,11H2,1-2H3,(H,17,19). The zero-order chi connectivity index (χ0) is 15.3. The second kappa shape index (κ2) is 6.87. The van der Waals surface area contributed by atoms with Crippen molar-refractivity contribution in [1.82, 2.24) is 14.9 Å². The number of carbonyl (C=O) groups is 1. The number of hydrogen-bond acceptors (Lipinski definition) is 4. The van der Waals surface area contributed by atoms with Gasteiger partial charge in [0, 0.05) is 30.2 Å². The molecule has 2 rings (SSSR count). The van der Waals surface area contributed by atoms with E-state index < -0.39 is 5.60 Å². The van der Waals surface area contributed by atoms with Crippen molar-refractivity contribution in [3.63, 3.8) is 0 Å². The normalized spacial score (nSPS) is 13.9. The lowest BCUT2D eigenvalue weighted by molar-refractivity contribution is -0.122. The van der Waals surface area contributed by atoms with Crippen molar-refractivity contribution < 1.29 is 9.90 Å². The molecule has 0 aromatic carbocycles. The first-order valence-electron chi connectivity index (χ1n) is 7.00. The number of imidazole rings is 1. The summed E-state index contributed by atoms with van der Waals surface area (Å²) in [5.41, 5.74) is -1.01. The number of rotatable bonds is 7. The van der Waals surface area contributed by atoms with Gasteiger partial charge in [0.1, 0.15) is 11.4 Å². The molecule has 1 atom stereocenters. The molecule has 0 aliphatic rings. The summed E-state index contributed by atoms with van der Waals surface area (Å²) in [4.78, 5) is 16.8. The van der Waals surface area contributed by atoms with Gasteiger partial charge in [-0.3, -0.25) is 4.79 Å². The van der Waals surface area contributed by atoms with Gasteiger partial charge in [-0.1, -0.05) is 6.07 Å². The third-order valence-corrected chi connectivity index (χ3v) is 4.53. The Morgan fingerprint density at radius 3 is 3.00 bits per heavy atom. The molecule has 0 radical (unpaired) electrons. The fourth-order valence-corrected chi connectivity index (χ4v) is 2.87. The summed E-state index contributed by atoms with van der Waals surface area (Å²) < 4.78 is 2.02. The summed E-state index contributed by atoms with van der Waals surface area (Å²) in [6.45, 7) is 4.67. The lowest BCUT2D eigenvalue weighted by atomic mass is 10.1. The fourth-order valence-electron chi connectivity index (χ4n) is 2.08. The Hall–Kier alpha value is -1.66. The molecule has 0 aliphatic carbocycles. The topological polar surface area (TPSA) is 67.2 Å². The molecule has 0 aliphatic heterocycles. The predicted octanol–water partition coefficient (Wildman–Crippen LogP) is 2.06. The molecule has 5 nitrogen and oxygen atoms in total. The van der Waals surface area contributed by atoms with Crippen LogP contribution in [0.15, 0.2) is 29.9 Å². The van der Waals surface area contributed by atoms with Gasteiger partial charge >= 0.3 is 0 Å². The molecule has 1 amide bonds. The summed E-state index contributed by atoms with van der Waals surface area (Å²) in [5.74, 6) is 0.917. The van der Waals surface area contributed by atoms with Crippen molar-refractivity contribution in [3.05, 3.63) is 40.6 Å². The number of thiophene rings is 1. The quantitative estimate of drug-likeness (QED) is 0.823. The molecule has 0 bridgehead atoms. The Labute approximate surface area is 128 Å². The first kappa shape index (κ1) is 15.7. The molecule has 0 spiro atoms. The van der Waals surface area contributed by atoms with Crippen LogP contribution in [0.2, 0.25) is 0 Å². The Balaban J connectivity index is 1.71. The van der Waals surface area contributed by atoms with E-state index in [1.54, 1.807) is 13.1 Å². The summed E-state index contributed by atoms with van der Waals surface area (Å²) in [5, 5.41) is 15.0. The summed E-state index contributed by atoms with van der Waals surface area (Å²) in [6.07, 6.45) is 4.87. The highest BCUT2D eigenvalue weighted by molar-refractivity contribution is 7.10. The van der Waals surface area contributed by atoms with Crippen LogP contribution in [-0.2, 0) is 16.9 Å². The molecule has 0 saturated heterocycles. The third-order valence-electron chi connectivity index (χ3n) is 3.41. The minimum Gasteiger partial charge on any atom is -0.383 e. The van der Waals surface area contributed by atoms with Gasteiger partial charge in [-0.2, -0.15) is 0 Å². The number of amides is 1. The molecular formula is C15H21N3O2S. The number of aliphatic hydroxyl groups is 1. The zero-order valence-corrected chi connectivity index (χ0v) is 13.2. The van der Waals surface area contributed by atoms with E-state index in [4.69, 9.17) is 0 Å². The van der Waals surface area contributed by atoms with E-state index in [0.717, 1.165) is 23.7 Å². The Morgan fingerprint density at radius 2 is 2.38 bits per heavy atom. The van der Waals surface area contributed by atoms with Crippen molar-refractivity contribution in [3.8, 4) is 0 Å². The molecule has 2 N–H and O–H groups in total. The first-order chi connectivity index (χ1) is 9.99. The molecule has 114 valence electrons. The van der Waals surface area contributed by atoms with Crippen LogP contribution in [-0.4, -0.2) is 27.1 Å². The van der Waals surface area contributed by atoms with Crippen LogP contribution < -0.4 is 5.32 Å². The van der Waals surface area contributed by atoms with Gasteiger partial charge in [0.25, 0.3) is 0 Å². The minimum atomic E-state index is -1.01. The zero-order valence-electron chi connectivity index (χ0n) is 12.4. The Morgan fingerprint density at radius 1 is 1.57 bits per heavy atom. The number of aromatic nitrogens is 2. The predicted molar refractivity (Wildman–Crippen MR) is 83.1 cm³/mol. The highest BCUT2D eigenvalue weighted by atomic mass is 32.1. The molecule has 2 aromatic heterocycles. The highest BCUT2D eigenvalue weighted by Crippen LogP contribution is 2.24. The summed E-state index contributed by atoms with van der Waals surface area (Å²) in [7, 11) is 0. The lowest BCUT2D eigenvalue weighted by Crippen LogP contribution is -2.38. The van der Waals surface area contributed by atoms with Gasteiger partial charge < -0.3 is 15.0 Å². The van der Waals surface area contributed by atoms with Crippen LogP contribution in [0.5, 0.6) is 0 Å². The van der Waals surface area contributed by atoms with Gasteiger partial charge in [-0.15, -0.1) is 11.3 Å². The number of nitrogens with zero attached hydrogens (tertiary/aromatic N) is 2. The summed E-state index contributed by atoms with van der Waals surface area (Å²) >= 11 is 1.49. The van der Waals surface area contributed by atoms with Crippen molar-refractivity contribution in [1.29, 1.82) is 0 Å². The van der Waals surface area contributed by atoms with Crippen LogP contribution in [0.3, 0.4) is 0 Å². The highest BCUT2D eigenvalue weighted by Gasteiger charge is 2.24. The smallest absolute Gasteiger partial charge is 0.220 e. The fraction of sp³-hybridized carbons (Fsp3) is 0.467. The van der Waals surface area contributed by atoms with Crippen LogP contribution in [0.1, 0.15) is 30.5 Å². The number of hydrogen-bond donors (Lipinski definition) is 2. The van der Waals surface area contributed by atoms with E-state index in [2.05, 4.69) is 10.3 Å². The van der Waals surface area contributed by atoms with E-state index in [1.807, 2.05) is 35.2 Å². The van der Waals surface area contributed by atoms with Crippen molar-refractivity contribution >= 4 is 17.2 Å². The molecule has 21 heavy (non-hydrogen) atoms. The molecule has 6 heteroatoms. The minimum absolute atomic E-state index is 0.0374. The molecule has 2 heterocycles. The van der Waals surface area contributed by atoms with Gasteiger partial charge in [0.2, 0.25) is 5.91 Å². The van der Waals surface area contributed by atoms with E-state index >= 15 is 0 Å².